The second kappa shape index (κ2) is 7.44. The Morgan fingerprint density at radius 3 is 2.29 bits per heavy atom. The van der Waals surface area contributed by atoms with E-state index in [1.807, 2.05) is 26.0 Å². The van der Waals surface area contributed by atoms with Crippen LogP contribution in [0.3, 0.4) is 0 Å². The molecule has 0 unspecified atom stereocenters. The molecule has 0 aromatic heterocycles. The lowest BCUT2D eigenvalue weighted by Gasteiger charge is -2.12. The quantitative estimate of drug-likeness (QED) is 0.328. The highest BCUT2D eigenvalue weighted by Gasteiger charge is 2.14. The van der Waals surface area contributed by atoms with Gasteiger partial charge in [0.2, 0.25) is 0 Å². The molecular formula is C17H16BrNO5. The average Bonchev–Trinajstić information content (AvgIpc) is 2.49. The van der Waals surface area contributed by atoms with Crippen LogP contribution < -0.4 is 9.47 Å². The van der Waals surface area contributed by atoms with Crippen LogP contribution in [0.5, 0.6) is 11.5 Å². The summed E-state index contributed by atoms with van der Waals surface area (Å²) in [6, 6.07) is 7.91. The fourth-order valence-corrected chi connectivity index (χ4v) is 2.93. The van der Waals surface area contributed by atoms with Gasteiger partial charge in [0.05, 0.1) is 4.92 Å². The Morgan fingerprint density at radius 1 is 1.12 bits per heavy atom. The maximum atomic E-state index is 12.0. The van der Waals surface area contributed by atoms with Crippen molar-refractivity contribution in [3.8, 4) is 11.5 Å². The zero-order valence-corrected chi connectivity index (χ0v) is 15.0. The number of benzene rings is 2. The summed E-state index contributed by atoms with van der Waals surface area (Å²) < 4.78 is 11.7. The van der Waals surface area contributed by atoms with Gasteiger partial charge < -0.3 is 9.47 Å². The first kappa shape index (κ1) is 17.9. The van der Waals surface area contributed by atoms with Crippen LogP contribution in [0.4, 0.5) is 5.69 Å². The first-order valence-electron chi connectivity index (χ1n) is 7.13. The molecule has 0 saturated carbocycles. The summed E-state index contributed by atoms with van der Waals surface area (Å²) in [6.45, 7) is 5.09. The predicted molar refractivity (Wildman–Crippen MR) is 92.6 cm³/mol. The van der Waals surface area contributed by atoms with Crippen LogP contribution in [-0.4, -0.2) is 17.5 Å². The summed E-state index contributed by atoms with van der Waals surface area (Å²) in [5, 5.41) is 10.7. The molecule has 0 amide bonds. The molecule has 2 aromatic rings. The Morgan fingerprint density at radius 2 is 1.75 bits per heavy atom. The van der Waals surface area contributed by atoms with Crippen molar-refractivity contribution < 1.29 is 19.2 Å². The normalized spacial score (nSPS) is 10.3. The van der Waals surface area contributed by atoms with E-state index >= 15 is 0 Å². The topological polar surface area (TPSA) is 78.7 Å². The van der Waals surface area contributed by atoms with Gasteiger partial charge in [0, 0.05) is 16.6 Å². The van der Waals surface area contributed by atoms with Crippen LogP contribution in [-0.2, 0) is 4.79 Å². The van der Waals surface area contributed by atoms with E-state index in [0.717, 1.165) is 15.6 Å². The van der Waals surface area contributed by atoms with Crippen molar-refractivity contribution in [3.05, 3.63) is 61.6 Å². The number of nitro groups is 1. The van der Waals surface area contributed by atoms with Gasteiger partial charge in [-0.25, -0.2) is 4.79 Å². The second-order valence-corrected chi connectivity index (χ2v) is 6.25. The number of nitrogens with zero attached hydrogens (tertiary/aromatic N) is 1. The van der Waals surface area contributed by atoms with E-state index in [0.29, 0.717) is 17.1 Å². The van der Waals surface area contributed by atoms with E-state index < -0.39 is 10.9 Å². The van der Waals surface area contributed by atoms with Gasteiger partial charge in [0.25, 0.3) is 5.69 Å². The summed E-state index contributed by atoms with van der Waals surface area (Å²) in [6.07, 6.45) is 0. The molecule has 6 nitrogen and oxygen atoms in total. The lowest BCUT2D eigenvalue weighted by molar-refractivity contribution is -0.384. The van der Waals surface area contributed by atoms with Crippen molar-refractivity contribution in [3.63, 3.8) is 0 Å². The minimum Gasteiger partial charge on any atom is -0.482 e. The molecule has 0 fully saturated rings. The number of hydrogen-bond donors (Lipinski definition) is 0. The highest BCUT2D eigenvalue weighted by atomic mass is 79.9. The van der Waals surface area contributed by atoms with E-state index in [1.54, 1.807) is 6.92 Å². The van der Waals surface area contributed by atoms with E-state index in [9.17, 15) is 14.9 Å². The molecule has 7 heteroatoms. The highest BCUT2D eigenvalue weighted by Crippen LogP contribution is 2.28. The first-order valence-corrected chi connectivity index (χ1v) is 7.92. The van der Waals surface area contributed by atoms with Gasteiger partial charge in [-0.1, -0.05) is 15.9 Å². The fraction of sp³-hybridized carbons (Fsp3) is 0.235. The number of hydrogen-bond acceptors (Lipinski definition) is 5. The fourth-order valence-electron chi connectivity index (χ4n) is 2.25. The molecule has 0 aliphatic carbocycles. The van der Waals surface area contributed by atoms with Gasteiger partial charge in [0.15, 0.2) is 6.61 Å². The van der Waals surface area contributed by atoms with Crippen molar-refractivity contribution in [2.45, 2.75) is 20.8 Å². The van der Waals surface area contributed by atoms with Crippen molar-refractivity contribution in [1.29, 1.82) is 0 Å². The number of rotatable bonds is 5. The van der Waals surface area contributed by atoms with Crippen molar-refractivity contribution in [2.75, 3.05) is 6.61 Å². The lowest BCUT2D eigenvalue weighted by Crippen LogP contribution is -2.19. The zero-order chi connectivity index (χ0) is 17.9. The van der Waals surface area contributed by atoms with Crippen LogP contribution in [0.25, 0.3) is 0 Å². The smallest absolute Gasteiger partial charge is 0.349 e. The van der Waals surface area contributed by atoms with Crippen LogP contribution in [0.15, 0.2) is 34.8 Å². The van der Waals surface area contributed by atoms with Crippen LogP contribution >= 0.6 is 15.9 Å². The molecule has 0 spiro atoms. The van der Waals surface area contributed by atoms with Crippen LogP contribution in [0, 0.1) is 30.9 Å². The molecule has 0 saturated heterocycles. The third-order valence-electron chi connectivity index (χ3n) is 3.36. The number of esters is 1. The standard InChI is InChI=1S/C17H16BrNO5/c1-10-8-14(19(21)22)4-5-15(10)23-9-16(20)24-17-11(2)6-13(18)7-12(17)3/h4-8H,9H2,1-3H3. The van der Waals surface area contributed by atoms with Gasteiger partial charge in [-0.3, -0.25) is 10.1 Å². The third kappa shape index (κ3) is 4.32. The number of carbonyl (C=O) groups excluding carboxylic acids is 1. The molecule has 2 aromatic carbocycles. The number of carbonyl (C=O) groups is 1. The zero-order valence-electron chi connectivity index (χ0n) is 13.5. The summed E-state index contributed by atoms with van der Waals surface area (Å²) in [7, 11) is 0. The maximum Gasteiger partial charge on any atom is 0.349 e. The molecular weight excluding hydrogens is 378 g/mol. The predicted octanol–water partition coefficient (Wildman–Crippen LogP) is 4.27. The monoisotopic (exact) mass is 393 g/mol. The molecule has 126 valence electrons. The Bertz CT molecular complexity index is 781. The second-order valence-electron chi connectivity index (χ2n) is 5.34. The number of non-ortho nitro benzene ring substituents is 1. The van der Waals surface area contributed by atoms with Gasteiger partial charge in [-0.05, 0) is 55.7 Å². The highest BCUT2D eigenvalue weighted by molar-refractivity contribution is 9.10. The first-order chi connectivity index (χ1) is 11.3. The summed E-state index contributed by atoms with van der Waals surface area (Å²) in [4.78, 5) is 22.2. The molecule has 0 radical (unpaired) electrons. The van der Waals surface area contributed by atoms with Crippen molar-refractivity contribution >= 4 is 27.6 Å². The van der Waals surface area contributed by atoms with Gasteiger partial charge >= 0.3 is 5.97 Å². The minimum atomic E-state index is -0.540. The van der Waals surface area contributed by atoms with E-state index in [2.05, 4.69) is 15.9 Å². The van der Waals surface area contributed by atoms with E-state index in [4.69, 9.17) is 9.47 Å². The largest absolute Gasteiger partial charge is 0.482 e. The Labute approximate surface area is 147 Å². The van der Waals surface area contributed by atoms with Crippen LogP contribution in [0.2, 0.25) is 0 Å². The van der Waals surface area contributed by atoms with Crippen molar-refractivity contribution in [2.24, 2.45) is 0 Å². The third-order valence-corrected chi connectivity index (χ3v) is 3.81. The molecule has 0 aliphatic heterocycles. The number of ether oxygens (including phenoxy) is 2. The number of halogens is 1. The molecule has 24 heavy (non-hydrogen) atoms. The van der Waals surface area contributed by atoms with Gasteiger partial charge in [-0.15, -0.1) is 0 Å². The van der Waals surface area contributed by atoms with Gasteiger partial charge in [0.1, 0.15) is 11.5 Å². The minimum absolute atomic E-state index is 0.0245. The lowest BCUT2D eigenvalue weighted by atomic mass is 10.1. The molecule has 0 bridgehead atoms. The molecule has 0 atom stereocenters. The average molecular weight is 394 g/mol. The summed E-state index contributed by atoms with van der Waals surface area (Å²) >= 11 is 3.39. The summed E-state index contributed by atoms with van der Waals surface area (Å²) in [5.74, 6) is 0.371. The Balaban J connectivity index is 2.03. The molecule has 2 rings (SSSR count). The van der Waals surface area contributed by atoms with E-state index in [-0.39, 0.29) is 12.3 Å². The van der Waals surface area contributed by atoms with E-state index in [1.165, 1.54) is 18.2 Å². The Kier molecular flexibility index (Phi) is 5.56. The number of nitro benzene ring substituents is 1. The Hall–Kier alpha value is -2.41. The maximum absolute atomic E-state index is 12.0. The number of aryl methyl sites for hydroxylation is 3. The summed E-state index contributed by atoms with van der Waals surface area (Å²) in [5.41, 5.74) is 2.22. The van der Waals surface area contributed by atoms with Crippen LogP contribution in [0.1, 0.15) is 16.7 Å². The molecule has 0 aliphatic rings. The van der Waals surface area contributed by atoms with Crippen molar-refractivity contribution in [1.82, 2.24) is 0 Å². The molecule has 0 heterocycles. The molecule has 0 N–H and O–H groups in total. The van der Waals surface area contributed by atoms with Gasteiger partial charge in [-0.2, -0.15) is 0 Å². The SMILES string of the molecule is Cc1cc([N+](=O)[O-])ccc1OCC(=O)Oc1c(C)cc(Br)cc1C.